The Labute approximate surface area is 111 Å². The van der Waals surface area contributed by atoms with E-state index in [1.54, 1.807) is 18.1 Å². The van der Waals surface area contributed by atoms with Crippen LogP contribution < -0.4 is 11.1 Å². The Kier molecular flexibility index (Phi) is 4.55. The normalized spacial score (nSPS) is 12.1. The molecule has 4 nitrogen and oxygen atoms in total. The molecule has 1 aromatic heterocycles. The predicted molar refractivity (Wildman–Crippen MR) is 75.7 cm³/mol. The van der Waals surface area contributed by atoms with E-state index in [1.807, 2.05) is 42.7 Å². The van der Waals surface area contributed by atoms with E-state index in [1.165, 1.54) is 0 Å². The smallest absolute Gasteiger partial charge is 0.130 e. The number of anilines is 1. The quantitative estimate of drug-likeness (QED) is 0.638. The Morgan fingerprint density at radius 3 is 2.78 bits per heavy atom. The van der Waals surface area contributed by atoms with Crippen molar-refractivity contribution < 1.29 is 0 Å². The van der Waals surface area contributed by atoms with Crippen molar-refractivity contribution in [2.45, 2.75) is 11.1 Å². The highest BCUT2D eigenvalue weighted by Crippen LogP contribution is 2.15. The number of nitrogens with one attached hydrogen (secondary N) is 1. The number of rotatable bonds is 5. The van der Waals surface area contributed by atoms with Gasteiger partial charge in [0.1, 0.15) is 17.2 Å². The largest absolute Gasteiger partial charge is 0.368 e. The number of hydrogen-bond donors (Lipinski definition) is 2. The average Bonchev–Trinajstić information content (AvgIpc) is 2.46. The Bertz CT molecular complexity index is 489. The van der Waals surface area contributed by atoms with Crippen molar-refractivity contribution in [3.63, 3.8) is 0 Å². The van der Waals surface area contributed by atoms with Crippen molar-refractivity contribution in [1.29, 1.82) is 0 Å². The Balaban J connectivity index is 1.95. The summed E-state index contributed by atoms with van der Waals surface area (Å²) in [7, 11) is 0. The van der Waals surface area contributed by atoms with Crippen molar-refractivity contribution in [1.82, 2.24) is 9.97 Å². The van der Waals surface area contributed by atoms with Gasteiger partial charge in [0.05, 0.1) is 0 Å². The van der Waals surface area contributed by atoms with Gasteiger partial charge in [0.15, 0.2) is 0 Å². The molecule has 0 aliphatic rings. The van der Waals surface area contributed by atoms with E-state index >= 15 is 0 Å². The van der Waals surface area contributed by atoms with E-state index in [-0.39, 0.29) is 6.04 Å². The zero-order chi connectivity index (χ0) is 12.8. The van der Waals surface area contributed by atoms with Crippen LogP contribution >= 0.6 is 11.8 Å². The van der Waals surface area contributed by atoms with Crippen LogP contribution in [0.15, 0.2) is 47.8 Å². The lowest BCUT2D eigenvalue weighted by molar-refractivity contribution is 0.760. The second-order valence-corrected chi connectivity index (χ2v) is 4.67. The van der Waals surface area contributed by atoms with Crippen LogP contribution in [-0.4, -0.2) is 22.8 Å². The minimum atomic E-state index is -0.0427. The summed E-state index contributed by atoms with van der Waals surface area (Å²) in [6, 6.07) is 11.9. The molecule has 0 aliphatic carbocycles. The second-order valence-electron chi connectivity index (χ2n) is 3.84. The van der Waals surface area contributed by atoms with Gasteiger partial charge in [-0.3, -0.25) is 0 Å². The van der Waals surface area contributed by atoms with Gasteiger partial charge in [-0.15, -0.1) is 11.8 Å². The lowest BCUT2D eigenvalue weighted by Gasteiger charge is -2.13. The van der Waals surface area contributed by atoms with E-state index in [0.29, 0.717) is 6.54 Å². The third-order valence-electron chi connectivity index (χ3n) is 2.58. The molecule has 0 saturated heterocycles. The maximum absolute atomic E-state index is 6.10. The van der Waals surface area contributed by atoms with Crippen LogP contribution in [0.1, 0.15) is 11.6 Å². The summed E-state index contributed by atoms with van der Waals surface area (Å²) in [4.78, 5) is 8.29. The molecule has 0 bridgehead atoms. The lowest BCUT2D eigenvalue weighted by Crippen LogP contribution is -2.20. The first-order chi connectivity index (χ1) is 8.79. The molecule has 0 saturated carbocycles. The van der Waals surface area contributed by atoms with Crippen LogP contribution in [0.5, 0.6) is 0 Å². The number of aromatic nitrogens is 2. The van der Waals surface area contributed by atoms with Crippen LogP contribution in [0.4, 0.5) is 5.82 Å². The maximum atomic E-state index is 6.10. The van der Waals surface area contributed by atoms with Gasteiger partial charge in [-0.25, -0.2) is 9.97 Å². The topological polar surface area (TPSA) is 63.8 Å². The highest BCUT2D eigenvalue weighted by molar-refractivity contribution is 7.98. The summed E-state index contributed by atoms with van der Waals surface area (Å²) in [5.41, 5.74) is 7.22. The van der Waals surface area contributed by atoms with Crippen LogP contribution in [0.3, 0.4) is 0 Å². The van der Waals surface area contributed by atoms with Gasteiger partial charge in [0.25, 0.3) is 0 Å². The molecule has 0 fully saturated rings. The number of nitrogens with zero attached hydrogens (tertiary/aromatic N) is 2. The molecule has 2 rings (SSSR count). The number of hydrogen-bond acceptors (Lipinski definition) is 5. The summed E-state index contributed by atoms with van der Waals surface area (Å²) in [6.07, 6.45) is 3.55. The van der Waals surface area contributed by atoms with Gasteiger partial charge in [-0.05, 0) is 11.8 Å². The standard InChI is InChI=1S/C13H16N4S/c1-18-13-7-12(16-9-17-13)15-8-11(14)10-5-3-2-4-6-10/h2-7,9,11H,8,14H2,1H3,(H,15,16,17). The molecule has 0 aliphatic heterocycles. The van der Waals surface area contributed by atoms with E-state index in [9.17, 15) is 0 Å². The molecule has 1 aromatic carbocycles. The van der Waals surface area contributed by atoms with Crippen molar-refractivity contribution in [3.8, 4) is 0 Å². The molecule has 1 unspecified atom stereocenters. The minimum absolute atomic E-state index is 0.0427. The van der Waals surface area contributed by atoms with Gasteiger partial charge >= 0.3 is 0 Å². The third-order valence-corrected chi connectivity index (χ3v) is 3.22. The maximum Gasteiger partial charge on any atom is 0.130 e. The second kappa shape index (κ2) is 6.37. The molecule has 1 atom stereocenters. The Morgan fingerprint density at radius 1 is 1.28 bits per heavy atom. The van der Waals surface area contributed by atoms with Gasteiger partial charge in [-0.1, -0.05) is 30.3 Å². The van der Waals surface area contributed by atoms with Crippen LogP contribution in [0.2, 0.25) is 0 Å². The molecule has 5 heteroatoms. The Morgan fingerprint density at radius 2 is 2.06 bits per heavy atom. The number of thioether (sulfide) groups is 1. The fourth-order valence-electron chi connectivity index (χ4n) is 1.58. The van der Waals surface area contributed by atoms with Crippen molar-refractivity contribution in [2.75, 3.05) is 18.1 Å². The van der Waals surface area contributed by atoms with E-state index < -0.39 is 0 Å². The number of nitrogens with two attached hydrogens (primary N) is 1. The summed E-state index contributed by atoms with van der Waals surface area (Å²) in [5.74, 6) is 0.806. The summed E-state index contributed by atoms with van der Waals surface area (Å²) < 4.78 is 0. The van der Waals surface area contributed by atoms with Gasteiger partial charge in [0, 0.05) is 18.7 Å². The molecule has 94 valence electrons. The lowest BCUT2D eigenvalue weighted by atomic mass is 10.1. The molecule has 3 N–H and O–H groups in total. The summed E-state index contributed by atoms with van der Waals surface area (Å²) in [5, 5.41) is 4.17. The van der Waals surface area contributed by atoms with Gasteiger partial charge in [0.2, 0.25) is 0 Å². The fraction of sp³-hybridized carbons (Fsp3) is 0.231. The molecular weight excluding hydrogens is 244 g/mol. The molecule has 18 heavy (non-hydrogen) atoms. The molecule has 1 heterocycles. The van der Waals surface area contributed by atoms with Gasteiger partial charge < -0.3 is 11.1 Å². The average molecular weight is 260 g/mol. The SMILES string of the molecule is CSc1cc(NCC(N)c2ccccc2)ncn1. The first-order valence-electron chi connectivity index (χ1n) is 5.70. The summed E-state index contributed by atoms with van der Waals surface area (Å²) >= 11 is 1.59. The number of benzene rings is 1. The molecule has 0 radical (unpaired) electrons. The Hall–Kier alpha value is -1.59. The van der Waals surface area contributed by atoms with Crippen molar-refractivity contribution in [3.05, 3.63) is 48.3 Å². The highest BCUT2D eigenvalue weighted by Gasteiger charge is 2.05. The van der Waals surface area contributed by atoms with E-state index in [2.05, 4.69) is 15.3 Å². The molecule has 0 spiro atoms. The van der Waals surface area contributed by atoms with E-state index in [0.717, 1.165) is 16.4 Å². The van der Waals surface area contributed by atoms with Crippen LogP contribution in [-0.2, 0) is 0 Å². The predicted octanol–water partition coefficient (Wildman–Crippen LogP) is 2.31. The summed E-state index contributed by atoms with van der Waals surface area (Å²) in [6.45, 7) is 0.648. The first kappa shape index (κ1) is 12.9. The zero-order valence-electron chi connectivity index (χ0n) is 10.2. The van der Waals surface area contributed by atoms with Crippen LogP contribution in [0.25, 0.3) is 0 Å². The molecular formula is C13H16N4S. The van der Waals surface area contributed by atoms with E-state index in [4.69, 9.17) is 5.73 Å². The minimum Gasteiger partial charge on any atom is -0.368 e. The van der Waals surface area contributed by atoms with Gasteiger partial charge in [-0.2, -0.15) is 0 Å². The molecule has 0 amide bonds. The monoisotopic (exact) mass is 260 g/mol. The van der Waals surface area contributed by atoms with Crippen LogP contribution in [0, 0.1) is 0 Å². The first-order valence-corrected chi connectivity index (χ1v) is 6.92. The zero-order valence-corrected chi connectivity index (χ0v) is 11.0. The third kappa shape index (κ3) is 3.45. The molecule has 2 aromatic rings. The highest BCUT2D eigenvalue weighted by atomic mass is 32.2. The van der Waals surface area contributed by atoms with Crippen molar-refractivity contribution in [2.24, 2.45) is 5.73 Å². The fourth-order valence-corrected chi connectivity index (χ4v) is 1.96. The van der Waals surface area contributed by atoms with Crippen molar-refractivity contribution >= 4 is 17.6 Å².